The van der Waals surface area contributed by atoms with Gasteiger partial charge in [-0.05, 0) is 60.5 Å². The SMILES string of the molecule is CCOc1cc(/C=C2\C(=O)NC(=O)N(c3ccc([N+](=O)[O-])cc3)C2=O)cc(Cl)c1OCc1ccc(Br)cc1. The second kappa shape index (κ2) is 11.4. The normalized spacial score (nSPS) is 14.4. The number of urea groups is 1. The Balaban J connectivity index is 1.64. The second-order valence-corrected chi connectivity index (χ2v) is 9.23. The van der Waals surface area contributed by atoms with E-state index < -0.39 is 22.8 Å². The van der Waals surface area contributed by atoms with Crippen molar-refractivity contribution in [3.8, 4) is 11.5 Å². The summed E-state index contributed by atoms with van der Waals surface area (Å²) in [5.74, 6) is -1.21. The number of carbonyl (C=O) groups excluding carboxylic acids is 3. The lowest BCUT2D eigenvalue weighted by atomic mass is 10.1. The summed E-state index contributed by atoms with van der Waals surface area (Å²) >= 11 is 9.88. The van der Waals surface area contributed by atoms with Crippen molar-refractivity contribution in [2.75, 3.05) is 11.5 Å². The fraction of sp³-hybridized carbons (Fsp3) is 0.115. The first-order chi connectivity index (χ1) is 18.2. The number of hydrogen-bond donors (Lipinski definition) is 1. The highest BCUT2D eigenvalue weighted by Gasteiger charge is 2.37. The molecule has 194 valence electrons. The van der Waals surface area contributed by atoms with Crippen LogP contribution in [-0.4, -0.2) is 29.4 Å². The second-order valence-electron chi connectivity index (χ2n) is 7.91. The average Bonchev–Trinajstić information content (AvgIpc) is 2.87. The monoisotopic (exact) mass is 599 g/mol. The van der Waals surface area contributed by atoms with Crippen molar-refractivity contribution in [1.82, 2.24) is 5.32 Å². The molecule has 1 heterocycles. The Morgan fingerprint density at radius 2 is 1.74 bits per heavy atom. The lowest BCUT2D eigenvalue weighted by molar-refractivity contribution is -0.384. The number of imide groups is 2. The van der Waals surface area contributed by atoms with E-state index in [2.05, 4.69) is 21.2 Å². The van der Waals surface area contributed by atoms with Gasteiger partial charge in [-0.15, -0.1) is 0 Å². The lowest BCUT2D eigenvalue weighted by Gasteiger charge is -2.26. The van der Waals surface area contributed by atoms with Crippen LogP contribution in [0, 0.1) is 10.1 Å². The zero-order chi connectivity index (χ0) is 27.4. The van der Waals surface area contributed by atoms with E-state index in [0.717, 1.165) is 27.1 Å². The number of halogens is 2. The van der Waals surface area contributed by atoms with Crippen molar-refractivity contribution in [2.24, 2.45) is 0 Å². The van der Waals surface area contributed by atoms with E-state index in [4.69, 9.17) is 21.1 Å². The smallest absolute Gasteiger partial charge is 0.335 e. The van der Waals surface area contributed by atoms with Gasteiger partial charge in [-0.25, -0.2) is 9.69 Å². The molecule has 0 radical (unpaired) electrons. The third kappa shape index (κ3) is 5.84. The maximum atomic E-state index is 13.2. The summed E-state index contributed by atoms with van der Waals surface area (Å²) in [6.45, 7) is 2.30. The molecule has 0 aromatic heterocycles. The number of nitro groups is 1. The summed E-state index contributed by atoms with van der Waals surface area (Å²) in [7, 11) is 0. The number of rotatable bonds is 8. The van der Waals surface area contributed by atoms with Crippen molar-refractivity contribution >= 4 is 62.8 Å². The van der Waals surface area contributed by atoms with Crippen LogP contribution in [0.25, 0.3) is 6.08 Å². The molecule has 0 saturated carbocycles. The number of barbiturate groups is 1. The van der Waals surface area contributed by atoms with Crippen LogP contribution in [0.3, 0.4) is 0 Å². The molecule has 10 nitrogen and oxygen atoms in total. The standard InChI is InChI=1S/C26H19BrClN3O7/c1-2-37-22-13-16(12-21(28)23(22)38-14-15-3-5-17(27)6-4-15)11-20-24(32)29-26(34)30(25(20)33)18-7-9-19(10-8-18)31(35)36/h3-13H,2,14H2,1H3,(H,29,32,34)/b20-11+. The molecule has 0 bridgehead atoms. The average molecular weight is 601 g/mol. The van der Waals surface area contributed by atoms with Gasteiger partial charge in [-0.3, -0.25) is 25.0 Å². The Morgan fingerprint density at radius 1 is 1.05 bits per heavy atom. The zero-order valence-corrected chi connectivity index (χ0v) is 22.1. The molecule has 1 aliphatic rings. The molecule has 4 amide bonds. The molecule has 3 aromatic carbocycles. The first kappa shape index (κ1) is 26.8. The van der Waals surface area contributed by atoms with E-state index in [0.29, 0.717) is 23.7 Å². The predicted octanol–water partition coefficient (Wildman–Crippen LogP) is 5.65. The molecule has 38 heavy (non-hydrogen) atoms. The maximum absolute atomic E-state index is 13.2. The van der Waals surface area contributed by atoms with Crippen molar-refractivity contribution < 1.29 is 28.8 Å². The highest BCUT2D eigenvalue weighted by Crippen LogP contribution is 2.38. The molecule has 1 N–H and O–H groups in total. The summed E-state index contributed by atoms with van der Waals surface area (Å²) in [4.78, 5) is 49.2. The van der Waals surface area contributed by atoms with Gasteiger partial charge in [0.2, 0.25) is 0 Å². The Kier molecular flexibility index (Phi) is 8.08. The molecule has 4 rings (SSSR count). The van der Waals surface area contributed by atoms with Crippen LogP contribution in [0.4, 0.5) is 16.2 Å². The van der Waals surface area contributed by atoms with Crippen LogP contribution >= 0.6 is 27.5 Å². The van der Waals surface area contributed by atoms with Crippen molar-refractivity contribution in [2.45, 2.75) is 13.5 Å². The highest BCUT2D eigenvalue weighted by atomic mass is 79.9. The number of nitrogens with zero attached hydrogens (tertiary/aromatic N) is 2. The van der Waals surface area contributed by atoms with Gasteiger partial charge in [0, 0.05) is 16.6 Å². The number of hydrogen-bond acceptors (Lipinski definition) is 7. The predicted molar refractivity (Wildman–Crippen MR) is 143 cm³/mol. The van der Waals surface area contributed by atoms with Crippen molar-refractivity contribution in [1.29, 1.82) is 0 Å². The third-order valence-corrected chi connectivity index (χ3v) is 6.17. The van der Waals surface area contributed by atoms with Gasteiger partial charge in [0.1, 0.15) is 12.2 Å². The number of non-ortho nitro benzene ring substituents is 1. The van der Waals surface area contributed by atoms with Gasteiger partial charge in [0.05, 0.1) is 22.2 Å². The van der Waals surface area contributed by atoms with Gasteiger partial charge < -0.3 is 9.47 Å². The van der Waals surface area contributed by atoms with E-state index in [-0.39, 0.29) is 28.6 Å². The van der Waals surface area contributed by atoms with Crippen molar-refractivity contribution in [3.05, 3.63) is 97.0 Å². The van der Waals surface area contributed by atoms with E-state index in [9.17, 15) is 24.5 Å². The van der Waals surface area contributed by atoms with Crippen LogP contribution in [0.15, 0.2) is 70.7 Å². The molecule has 12 heteroatoms. The third-order valence-electron chi connectivity index (χ3n) is 5.36. The summed E-state index contributed by atoms with van der Waals surface area (Å²) in [5.41, 5.74) is 0.751. The molecule has 1 fully saturated rings. The van der Waals surface area contributed by atoms with Crippen LogP contribution < -0.4 is 19.7 Å². The van der Waals surface area contributed by atoms with Crippen molar-refractivity contribution in [3.63, 3.8) is 0 Å². The number of benzene rings is 3. The maximum Gasteiger partial charge on any atom is 0.335 e. The minimum absolute atomic E-state index is 0.0567. The fourth-order valence-electron chi connectivity index (χ4n) is 3.59. The molecule has 0 unspecified atom stereocenters. The molecular weight excluding hydrogens is 582 g/mol. The molecule has 0 atom stereocenters. The Hall–Kier alpha value is -4.22. The Bertz CT molecular complexity index is 1460. The quantitative estimate of drug-likeness (QED) is 0.153. The largest absolute Gasteiger partial charge is 0.490 e. The fourth-order valence-corrected chi connectivity index (χ4v) is 4.13. The number of nitrogens with one attached hydrogen (secondary N) is 1. The van der Waals surface area contributed by atoms with Gasteiger partial charge in [0.15, 0.2) is 11.5 Å². The first-order valence-electron chi connectivity index (χ1n) is 11.2. The summed E-state index contributed by atoms with van der Waals surface area (Å²) in [6, 6.07) is 14.4. The number of anilines is 1. The van der Waals surface area contributed by atoms with Crippen LogP contribution in [-0.2, 0) is 16.2 Å². The van der Waals surface area contributed by atoms with E-state index in [1.54, 1.807) is 13.0 Å². The summed E-state index contributed by atoms with van der Waals surface area (Å²) in [5, 5.41) is 13.2. The zero-order valence-electron chi connectivity index (χ0n) is 19.8. The molecule has 1 aliphatic heterocycles. The Morgan fingerprint density at radius 3 is 2.37 bits per heavy atom. The van der Waals surface area contributed by atoms with Gasteiger partial charge in [0.25, 0.3) is 17.5 Å². The minimum atomic E-state index is -0.976. The minimum Gasteiger partial charge on any atom is -0.490 e. The molecule has 0 spiro atoms. The first-order valence-corrected chi connectivity index (χ1v) is 12.3. The highest BCUT2D eigenvalue weighted by molar-refractivity contribution is 9.10. The van der Waals surface area contributed by atoms with Gasteiger partial charge in [-0.2, -0.15) is 0 Å². The van der Waals surface area contributed by atoms with E-state index in [1.807, 2.05) is 24.3 Å². The number of carbonyl (C=O) groups is 3. The summed E-state index contributed by atoms with van der Waals surface area (Å²) in [6.07, 6.45) is 1.27. The van der Waals surface area contributed by atoms with Gasteiger partial charge in [-0.1, -0.05) is 39.7 Å². The summed E-state index contributed by atoms with van der Waals surface area (Å²) < 4.78 is 12.5. The molecular formula is C26H19BrClN3O7. The number of amides is 4. The van der Waals surface area contributed by atoms with Crippen LogP contribution in [0.2, 0.25) is 5.02 Å². The van der Waals surface area contributed by atoms with Crippen LogP contribution in [0.5, 0.6) is 11.5 Å². The molecule has 1 saturated heterocycles. The lowest BCUT2D eigenvalue weighted by Crippen LogP contribution is -2.54. The van der Waals surface area contributed by atoms with Crippen LogP contribution in [0.1, 0.15) is 18.1 Å². The Labute approximate surface area is 230 Å². The molecule has 3 aromatic rings. The number of ether oxygens (including phenoxy) is 2. The van der Waals surface area contributed by atoms with E-state index >= 15 is 0 Å². The van der Waals surface area contributed by atoms with Gasteiger partial charge >= 0.3 is 6.03 Å². The number of nitro benzene ring substituents is 1. The van der Waals surface area contributed by atoms with E-state index in [1.165, 1.54) is 24.3 Å². The topological polar surface area (TPSA) is 128 Å². The molecule has 0 aliphatic carbocycles.